The number of nitrogens with zero attached hydrogens (tertiary/aromatic N) is 1. The molecule has 30 heavy (non-hydrogen) atoms. The van der Waals surface area contributed by atoms with Crippen molar-refractivity contribution in [1.29, 1.82) is 0 Å². The fourth-order valence-corrected chi connectivity index (χ4v) is 5.75. The molecule has 0 aromatic heterocycles. The minimum absolute atomic E-state index is 0.116. The van der Waals surface area contributed by atoms with Crippen LogP contribution in [0.4, 0.5) is 5.69 Å². The van der Waals surface area contributed by atoms with Crippen molar-refractivity contribution in [3.63, 3.8) is 0 Å². The molecule has 1 saturated heterocycles. The Balaban J connectivity index is 1.33. The lowest BCUT2D eigenvalue weighted by Crippen LogP contribution is -2.33. The average Bonchev–Trinajstić information content (AvgIpc) is 3.43. The molecule has 2 aromatic rings. The third-order valence-corrected chi connectivity index (χ3v) is 7.25. The Morgan fingerprint density at radius 2 is 1.67 bits per heavy atom. The molecule has 4 atom stereocenters. The summed E-state index contributed by atoms with van der Waals surface area (Å²) in [7, 11) is 0. The second-order valence-electron chi connectivity index (χ2n) is 8.55. The van der Waals surface area contributed by atoms with Crippen LogP contribution in [0, 0.1) is 23.7 Å². The molecule has 0 spiro atoms. The van der Waals surface area contributed by atoms with Gasteiger partial charge in [0.25, 0.3) is 5.91 Å². The number of fused-ring (bicyclic) bond motifs is 5. The van der Waals surface area contributed by atoms with Crippen LogP contribution in [0.3, 0.4) is 0 Å². The van der Waals surface area contributed by atoms with Gasteiger partial charge in [-0.1, -0.05) is 41.9 Å². The number of carbonyl (C=O) groups excluding carboxylic acids is 3. The fraction of sp³-hybridized carbons (Fsp3) is 0.375. The summed E-state index contributed by atoms with van der Waals surface area (Å²) in [5, 5.41) is 3.18. The summed E-state index contributed by atoms with van der Waals surface area (Å²) in [6.07, 6.45) is 3.78. The zero-order valence-electron chi connectivity index (χ0n) is 16.5. The molecule has 1 aliphatic heterocycles. The minimum Gasteiger partial charge on any atom is -0.352 e. The summed E-state index contributed by atoms with van der Waals surface area (Å²) in [6.45, 7) is 0.471. The van der Waals surface area contributed by atoms with E-state index in [2.05, 4.69) is 5.32 Å². The highest BCUT2D eigenvalue weighted by Crippen LogP contribution is 2.56. The van der Waals surface area contributed by atoms with Crippen molar-refractivity contribution in [2.45, 2.75) is 25.7 Å². The van der Waals surface area contributed by atoms with Gasteiger partial charge in [-0.05, 0) is 61.3 Å². The SMILES string of the molecule is O=C(NCCc1ccccc1)c1cc(N2C(=O)[C@@H]3[C@H]4CC[C@@H](C4)[C@@H]3C2=O)ccc1Cl. The van der Waals surface area contributed by atoms with E-state index in [0.29, 0.717) is 35.5 Å². The Labute approximate surface area is 180 Å². The fourth-order valence-electron chi connectivity index (χ4n) is 5.55. The first-order chi connectivity index (χ1) is 14.5. The second-order valence-corrected chi connectivity index (χ2v) is 8.96. The van der Waals surface area contributed by atoms with E-state index >= 15 is 0 Å². The monoisotopic (exact) mass is 422 g/mol. The molecule has 2 bridgehead atoms. The summed E-state index contributed by atoms with van der Waals surface area (Å²) in [5.74, 6) is -0.253. The zero-order chi connectivity index (χ0) is 20.8. The van der Waals surface area contributed by atoms with Crippen LogP contribution in [-0.4, -0.2) is 24.3 Å². The molecule has 0 unspecified atom stereocenters. The summed E-state index contributed by atoms with van der Waals surface area (Å²) < 4.78 is 0. The Morgan fingerprint density at radius 3 is 2.33 bits per heavy atom. The van der Waals surface area contributed by atoms with E-state index in [9.17, 15) is 14.4 Å². The minimum atomic E-state index is -0.308. The predicted octanol–water partition coefficient (Wildman–Crippen LogP) is 3.85. The maximum Gasteiger partial charge on any atom is 0.252 e. The highest BCUT2D eigenvalue weighted by molar-refractivity contribution is 6.34. The first-order valence-corrected chi connectivity index (χ1v) is 10.9. The molecule has 1 N–H and O–H groups in total. The van der Waals surface area contributed by atoms with E-state index in [-0.39, 0.29) is 35.1 Å². The van der Waals surface area contributed by atoms with E-state index in [0.717, 1.165) is 24.8 Å². The van der Waals surface area contributed by atoms with Gasteiger partial charge in [-0.3, -0.25) is 19.3 Å². The number of carbonyl (C=O) groups is 3. The molecule has 3 amide bonds. The third-order valence-electron chi connectivity index (χ3n) is 6.92. The molecular weight excluding hydrogens is 400 g/mol. The standard InChI is InChI=1S/C24H23ClN2O3/c25-19-9-8-17(13-18(19)22(28)26-11-10-14-4-2-1-3-5-14)27-23(29)20-15-6-7-16(12-15)21(20)24(27)30/h1-5,8-9,13,15-16,20-21H,6-7,10-12H2,(H,26,28)/t15-,16-,20-,21+/m0/s1. The normalized spacial score (nSPS) is 26.9. The Hall–Kier alpha value is -2.66. The molecule has 154 valence electrons. The van der Waals surface area contributed by atoms with Crippen molar-refractivity contribution in [3.05, 3.63) is 64.7 Å². The number of benzene rings is 2. The number of halogens is 1. The number of rotatable bonds is 5. The van der Waals surface area contributed by atoms with Gasteiger partial charge in [0.1, 0.15) is 0 Å². The molecule has 3 fully saturated rings. The molecule has 2 aromatic carbocycles. The zero-order valence-corrected chi connectivity index (χ0v) is 17.3. The van der Waals surface area contributed by atoms with Gasteiger partial charge in [-0.25, -0.2) is 0 Å². The molecule has 6 heteroatoms. The van der Waals surface area contributed by atoms with Gasteiger partial charge in [0.2, 0.25) is 11.8 Å². The number of nitrogens with one attached hydrogen (secondary N) is 1. The molecule has 5 nitrogen and oxygen atoms in total. The molecule has 2 saturated carbocycles. The molecular formula is C24H23ClN2O3. The van der Waals surface area contributed by atoms with Crippen LogP contribution in [0.5, 0.6) is 0 Å². The Bertz CT molecular complexity index is 994. The third kappa shape index (κ3) is 3.12. The van der Waals surface area contributed by atoms with Gasteiger partial charge in [0.05, 0.1) is 28.1 Å². The van der Waals surface area contributed by atoms with E-state index in [1.54, 1.807) is 18.2 Å². The van der Waals surface area contributed by atoms with Crippen LogP contribution < -0.4 is 10.2 Å². The molecule has 5 rings (SSSR count). The van der Waals surface area contributed by atoms with Gasteiger partial charge < -0.3 is 5.32 Å². The van der Waals surface area contributed by atoms with Gasteiger partial charge >= 0.3 is 0 Å². The van der Waals surface area contributed by atoms with Crippen molar-refractivity contribution in [3.8, 4) is 0 Å². The van der Waals surface area contributed by atoms with Crippen LogP contribution in [0.25, 0.3) is 0 Å². The summed E-state index contributed by atoms with van der Waals surface area (Å²) >= 11 is 6.27. The van der Waals surface area contributed by atoms with Crippen molar-refractivity contribution >= 4 is 35.0 Å². The van der Waals surface area contributed by atoms with Crippen molar-refractivity contribution in [2.75, 3.05) is 11.4 Å². The summed E-state index contributed by atoms with van der Waals surface area (Å²) in [5.41, 5.74) is 1.85. The summed E-state index contributed by atoms with van der Waals surface area (Å²) in [6, 6.07) is 14.7. The van der Waals surface area contributed by atoms with Crippen molar-refractivity contribution in [1.82, 2.24) is 5.32 Å². The molecule has 1 heterocycles. The lowest BCUT2D eigenvalue weighted by molar-refractivity contribution is -0.123. The molecule has 0 radical (unpaired) electrons. The smallest absolute Gasteiger partial charge is 0.252 e. The van der Waals surface area contributed by atoms with Gasteiger partial charge in [-0.15, -0.1) is 0 Å². The van der Waals surface area contributed by atoms with E-state index < -0.39 is 0 Å². The Morgan fingerprint density at radius 1 is 1.00 bits per heavy atom. The van der Waals surface area contributed by atoms with E-state index in [1.807, 2.05) is 30.3 Å². The van der Waals surface area contributed by atoms with Crippen LogP contribution in [0.1, 0.15) is 35.2 Å². The number of hydrogen-bond acceptors (Lipinski definition) is 3. The molecule has 3 aliphatic rings. The maximum absolute atomic E-state index is 13.1. The van der Waals surface area contributed by atoms with Crippen molar-refractivity contribution < 1.29 is 14.4 Å². The quantitative estimate of drug-likeness (QED) is 0.744. The largest absolute Gasteiger partial charge is 0.352 e. The van der Waals surface area contributed by atoms with Crippen LogP contribution in [0.2, 0.25) is 5.02 Å². The van der Waals surface area contributed by atoms with Crippen LogP contribution in [0.15, 0.2) is 48.5 Å². The van der Waals surface area contributed by atoms with Crippen molar-refractivity contribution in [2.24, 2.45) is 23.7 Å². The Kier molecular flexibility index (Phi) is 4.86. The first-order valence-electron chi connectivity index (χ1n) is 10.5. The van der Waals surface area contributed by atoms with E-state index in [1.165, 1.54) is 4.90 Å². The number of imide groups is 1. The average molecular weight is 423 g/mol. The molecule has 2 aliphatic carbocycles. The predicted molar refractivity (Wildman–Crippen MR) is 114 cm³/mol. The number of hydrogen-bond donors (Lipinski definition) is 1. The topological polar surface area (TPSA) is 66.5 Å². The number of anilines is 1. The number of amides is 3. The lowest BCUT2D eigenvalue weighted by atomic mass is 9.81. The second kappa shape index (κ2) is 7.55. The highest BCUT2D eigenvalue weighted by Gasteiger charge is 2.61. The maximum atomic E-state index is 13.1. The van der Waals surface area contributed by atoms with Gasteiger partial charge in [0.15, 0.2) is 0 Å². The van der Waals surface area contributed by atoms with Crippen LogP contribution in [-0.2, 0) is 16.0 Å². The van der Waals surface area contributed by atoms with Gasteiger partial charge in [0, 0.05) is 6.54 Å². The highest BCUT2D eigenvalue weighted by atomic mass is 35.5. The summed E-state index contributed by atoms with van der Waals surface area (Å²) in [4.78, 5) is 40.1. The van der Waals surface area contributed by atoms with E-state index in [4.69, 9.17) is 11.6 Å². The van der Waals surface area contributed by atoms with Crippen LogP contribution >= 0.6 is 11.6 Å². The first kappa shape index (κ1) is 19.3. The van der Waals surface area contributed by atoms with Gasteiger partial charge in [-0.2, -0.15) is 0 Å². The lowest BCUT2D eigenvalue weighted by Gasteiger charge is -2.19.